The number of fused-ring (bicyclic) bond motifs is 1. The van der Waals surface area contributed by atoms with E-state index < -0.39 is 54.9 Å². The Bertz CT molecular complexity index is 2300. The number of hydrogen-bond donors (Lipinski definition) is 9. The Hall–Kier alpha value is -6.91. The number of piperidine rings is 1. The van der Waals surface area contributed by atoms with Crippen LogP contribution in [-0.4, -0.2) is 139 Å². The van der Waals surface area contributed by atoms with E-state index in [1.807, 2.05) is 78.9 Å². The molecule has 22 heteroatoms. The van der Waals surface area contributed by atoms with Crippen LogP contribution in [0, 0.1) is 0 Å². The van der Waals surface area contributed by atoms with E-state index in [2.05, 4.69) is 51.4 Å². The largest absolute Gasteiger partial charge is 0.490 e. The third-order valence-corrected chi connectivity index (χ3v) is 10.7. The van der Waals surface area contributed by atoms with Crippen molar-refractivity contribution >= 4 is 46.6 Å². The molecule has 4 atom stereocenters. The van der Waals surface area contributed by atoms with Crippen LogP contribution in [0.2, 0.25) is 0 Å². The summed E-state index contributed by atoms with van der Waals surface area (Å²) >= 11 is 0. The number of nitrogens with zero attached hydrogens (tertiary/aromatic N) is 6. The van der Waals surface area contributed by atoms with Gasteiger partial charge in [-0.1, -0.05) is 66.7 Å². The van der Waals surface area contributed by atoms with E-state index in [4.69, 9.17) is 9.90 Å². The van der Waals surface area contributed by atoms with Crippen molar-refractivity contribution in [2.45, 2.75) is 61.7 Å². The first-order valence-electron chi connectivity index (χ1n) is 20.4. The maximum absolute atomic E-state index is 13.6. The number of rotatable bonds is 14. The van der Waals surface area contributed by atoms with Gasteiger partial charge in [0.15, 0.2) is 11.5 Å². The van der Waals surface area contributed by atoms with Crippen molar-refractivity contribution in [1.29, 1.82) is 0 Å². The number of carbonyl (C=O) groups is 4. The Labute approximate surface area is 364 Å². The minimum atomic E-state index is -5.08. The molecule has 7 rings (SSSR count). The molecule has 5 aromatic rings. The third kappa shape index (κ3) is 12.0. The molecule has 0 radical (unpaired) electrons. The number of urea groups is 1. The topological polar surface area (TPSA) is 269 Å². The standard InChI is InChI=1S/C40H47N11O6.C2HF3O2/c52-23-32(53)47-29-21-30(35(55)34(29)54)51-24-45-33-36(44-22-28(25-9-3-1-4-10-25)26-11-5-2-6-12-26)48-37(49-38(33)51)39(56)42-17-18-43-40(57)46-27-14-19-50(20-15-27)31-13-7-8-16-41-31;3-2(4,5)1(6)7/h1-13,16,24,27-30,34-35,52,54-55H,14-15,17-23H2,(H,42,56)(H,47,53)(H2,43,46,57)(H,44,48,49);(H,6,7)/t29-,30+,34+,35-;/m0./s1. The third-order valence-electron chi connectivity index (χ3n) is 10.7. The molecule has 64 heavy (non-hydrogen) atoms. The number of hydrogen-bond acceptors (Lipinski definition) is 13. The number of alkyl halides is 3. The molecule has 340 valence electrons. The molecule has 1 aliphatic carbocycles. The molecular formula is C42H48F3N11O8. The number of pyridine rings is 1. The number of carboxylic acid groups (broad SMARTS) is 1. The number of carbonyl (C=O) groups excluding carboxylic acids is 3. The van der Waals surface area contributed by atoms with Crippen LogP contribution in [0.15, 0.2) is 91.4 Å². The lowest BCUT2D eigenvalue weighted by atomic mass is 9.91. The number of aliphatic hydroxyl groups excluding tert-OH is 3. The molecule has 1 aliphatic heterocycles. The number of benzene rings is 2. The second-order valence-corrected chi connectivity index (χ2v) is 15.0. The number of anilines is 2. The number of amides is 4. The fourth-order valence-corrected chi connectivity index (χ4v) is 7.52. The van der Waals surface area contributed by atoms with Crippen LogP contribution >= 0.6 is 0 Å². The second kappa shape index (κ2) is 21.4. The van der Waals surface area contributed by atoms with Crippen LogP contribution in [0.3, 0.4) is 0 Å². The average Bonchev–Trinajstić information content (AvgIpc) is 3.85. The van der Waals surface area contributed by atoms with Crippen LogP contribution in [-0.2, 0) is 9.59 Å². The van der Waals surface area contributed by atoms with Crippen LogP contribution in [0.1, 0.15) is 53.0 Å². The van der Waals surface area contributed by atoms with Crippen LogP contribution in [0.4, 0.5) is 29.6 Å². The fourth-order valence-electron chi connectivity index (χ4n) is 7.52. The highest BCUT2D eigenvalue weighted by Gasteiger charge is 2.44. The zero-order valence-corrected chi connectivity index (χ0v) is 34.2. The summed E-state index contributed by atoms with van der Waals surface area (Å²) in [6, 6.07) is 23.9. The number of aliphatic carboxylic acids is 1. The maximum atomic E-state index is 13.6. The van der Waals surface area contributed by atoms with E-state index in [1.54, 1.807) is 10.8 Å². The van der Waals surface area contributed by atoms with Gasteiger partial charge in [0.25, 0.3) is 5.91 Å². The lowest BCUT2D eigenvalue weighted by Gasteiger charge is -2.33. The molecule has 1 saturated carbocycles. The summed E-state index contributed by atoms with van der Waals surface area (Å²) in [5.41, 5.74) is 2.69. The first-order valence-corrected chi connectivity index (χ1v) is 20.4. The summed E-state index contributed by atoms with van der Waals surface area (Å²) < 4.78 is 33.3. The molecule has 4 amide bonds. The summed E-state index contributed by atoms with van der Waals surface area (Å²) in [5.74, 6) is -3.11. The van der Waals surface area contributed by atoms with Crippen molar-refractivity contribution in [2.75, 3.05) is 49.5 Å². The van der Waals surface area contributed by atoms with Gasteiger partial charge in [0.2, 0.25) is 11.7 Å². The smallest absolute Gasteiger partial charge is 0.475 e. The highest BCUT2D eigenvalue weighted by molar-refractivity contribution is 5.94. The van der Waals surface area contributed by atoms with Crippen molar-refractivity contribution in [3.05, 3.63) is 108 Å². The van der Waals surface area contributed by atoms with Gasteiger partial charge in [-0.25, -0.2) is 29.5 Å². The van der Waals surface area contributed by atoms with E-state index in [1.165, 1.54) is 6.33 Å². The highest BCUT2D eigenvalue weighted by atomic mass is 19.4. The quantitative estimate of drug-likeness (QED) is 0.0722. The zero-order valence-electron chi connectivity index (χ0n) is 34.2. The lowest BCUT2D eigenvalue weighted by Crippen LogP contribution is -2.49. The molecular weight excluding hydrogens is 844 g/mol. The minimum Gasteiger partial charge on any atom is -0.475 e. The van der Waals surface area contributed by atoms with Crippen molar-refractivity contribution in [2.24, 2.45) is 0 Å². The molecule has 4 heterocycles. The lowest BCUT2D eigenvalue weighted by molar-refractivity contribution is -0.192. The predicted octanol–water partition coefficient (Wildman–Crippen LogP) is 1.94. The molecule has 9 N–H and O–H groups in total. The molecule has 1 saturated heterocycles. The van der Waals surface area contributed by atoms with E-state index in [0.29, 0.717) is 12.1 Å². The average molecular weight is 892 g/mol. The molecule has 2 aromatic carbocycles. The van der Waals surface area contributed by atoms with Crippen LogP contribution < -0.4 is 31.5 Å². The summed E-state index contributed by atoms with van der Waals surface area (Å²) in [4.78, 5) is 67.5. The maximum Gasteiger partial charge on any atom is 0.490 e. The van der Waals surface area contributed by atoms with Gasteiger partial charge < -0.3 is 56.5 Å². The normalized spacial score (nSPS) is 18.8. The monoisotopic (exact) mass is 891 g/mol. The van der Waals surface area contributed by atoms with Gasteiger partial charge >= 0.3 is 18.2 Å². The van der Waals surface area contributed by atoms with Crippen molar-refractivity contribution < 1.29 is 52.8 Å². The van der Waals surface area contributed by atoms with E-state index in [-0.39, 0.29) is 54.8 Å². The first-order chi connectivity index (χ1) is 30.7. The first kappa shape index (κ1) is 46.6. The van der Waals surface area contributed by atoms with Gasteiger partial charge in [-0.3, -0.25) is 9.59 Å². The number of aliphatic hydroxyl groups is 3. The highest BCUT2D eigenvalue weighted by Crippen LogP contribution is 2.34. The Morgan fingerprint density at radius 3 is 2.03 bits per heavy atom. The van der Waals surface area contributed by atoms with E-state index in [0.717, 1.165) is 42.9 Å². The molecule has 0 spiro atoms. The number of aromatic nitrogens is 5. The van der Waals surface area contributed by atoms with Gasteiger partial charge in [0, 0.05) is 50.9 Å². The Morgan fingerprint density at radius 1 is 0.812 bits per heavy atom. The van der Waals surface area contributed by atoms with Gasteiger partial charge in [0.1, 0.15) is 30.1 Å². The molecule has 3 aromatic heterocycles. The van der Waals surface area contributed by atoms with Crippen molar-refractivity contribution in [1.82, 2.24) is 45.8 Å². The second-order valence-electron chi connectivity index (χ2n) is 15.0. The molecule has 2 aliphatic rings. The number of nitrogens with one attached hydrogen (secondary N) is 5. The summed E-state index contributed by atoms with van der Waals surface area (Å²) in [5, 5.41) is 52.8. The number of imidazole rings is 1. The van der Waals surface area contributed by atoms with Crippen LogP contribution in [0.25, 0.3) is 11.2 Å². The number of carboxylic acids is 1. The summed E-state index contributed by atoms with van der Waals surface area (Å²) in [6.07, 6.45) is -2.84. The molecule has 2 fully saturated rings. The summed E-state index contributed by atoms with van der Waals surface area (Å²) in [6.45, 7) is 1.42. The molecule has 0 bridgehead atoms. The summed E-state index contributed by atoms with van der Waals surface area (Å²) in [7, 11) is 0. The van der Waals surface area contributed by atoms with Gasteiger partial charge in [0.05, 0.1) is 18.4 Å². The Morgan fingerprint density at radius 2 is 1.44 bits per heavy atom. The van der Waals surface area contributed by atoms with E-state index in [9.17, 15) is 42.9 Å². The van der Waals surface area contributed by atoms with Gasteiger partial charge in [-0.15, -0.1) is 0 Å². The van der Waals surface area contributed by atoms with E-state index >= 15 is 0 Å². The van der Waals surface area contributed by atoms with Gasteiger partial charge in [-0.2, -0.15) is 13.2 Å². The SMILES string of the molecule is O=C(CO)N[C@H]1C[C@@H](n2cnc3c(NCC(c4ccccc4)c4ccccc4)nc(C(=O)NCCNC(=O)NC4CCN(c5ccccn5)CC4)nc32)[C@H](O)[C@@H]1O.O=C(O)C(F)(F)F. The van der Waals surface area contributed by atoms with Gasteiger partial charge in [-0.05, 0) is 42.5 Å². The zero-order chi connectivity index (χ0) is 45.8. The van der Waals surface area contributed by atoms with Crippen LogP contribution in [0.5, 0.6) is 0 Å². The molecule has 19 nitrogen and oxygen atoms in total. The Balaban J connectivity index is 0.000000898. The Kier molecular flexibility index (Phi) is 15.6. The number of halogens is 3. The van der Waals surface area contributed by atoms with Crippen molar-refractivity contribution in [3.8, 4) is 0 Å². The molecule has 0 unspecified atom stereocenters. The van der Waals surface area contributed by atoms with Crippen molar-refractivity contribution in [3.63, 3.8) is 0 Å². The minimum absolute atomic E-state index is 0.0135. The predicted molar refractivity (Wildman–Crippen MR) is 225 cm³/mol. The fraction of sp³-hybridized carbons (Fsp3) is 0.381.